The molecule has 0 aromatic carbocycles. The number of nitrogens with two attached hydrogens (primary N) is 1. The fourth-order valence-electron chi connectivity index (χ4n) is 2.08. The van der Waals surface area contributed by atoms with Gasteiger partial charge in [0.2, 0.25) is 5.91 Å². The minimum absolute atomic E-state index is 0.0345. The molecule has 1 amide bonds. The van der Waals surface area contributed by atoms with Gasteiger partial charge < -0.3 is 11.1 Å². The quantitative estimate of drug-likeness (QED) is 0.691. The molecule has 1 atom stereocenters. The summed E-state index contributed by atoms with van der Waals surface area (Å²) in [6, 6.07) is 0.467. The molecule has 0 bridgehead atoms. The van der Waals surface area contributed by atoms with Gasteiger partial charge in [0.1, 0.15) is 0 Å². The Labute approximate surface area is 92.2 Å². The van der Waals surface area contributed by atoms with Crippen LogP contribution < -0.4 is 11.1 Å². The van der Waals surface area contributed by atoms with Gasteiger partial charge in [0.25, 0.3) is 0 Å². The predicted octanol–water partition coefficient (Wildman–Crippen LogP) is 0.324. The zero-order valence-electron chi connectivity index (χ0n) is 9.83. The van der Waals surface area contributed by atoms with Gasteiger partial charge >= 0.3 is 0 Å². The Morgan fingerprint density at radius 1 is 1.53 bits per heavy atom. The number of carbonyl (C=O) groups excluding carboxylic acids is 1. The van der Waals surface area contributed by atoms with E-state index in [0.29, 0.717) is 6.04 Å². The van der Waals surface area contributed by atoms with Gasteiger partial charge in [-0.15, -0.1) is 0 Å². The Morgan fingerprint density at radius 2 is 2.27 bits per heavy atom. The number of hydrogen-bond donors (Lipinski definition) is 2. The summed E-state index contributed by atoms with van der Waals surface area (Å²) in [5.74, 6) is -0.167. The van der Waals surface area contributed by atoms with Crippen molar-refractivity contribution in [3.8, 4) is 0 Å². The smallest absolute Gasteiger partial charge is 0.234 e. The molecule has 1 unspecified atom stereocenters. The summed E-state index contributed by atoms with van der Waals surface area (Å²) in [4.78, 5) is 13.4. The molecule has 1 fully saturated rings. The molecule has 1 saturated heterocycles. The number of rotatable bonds is 5. The van der Waals surface area contributed by atoms with Crippen LogP contribution in [0.4, 0.5) is 0 Å². The van der Waals surface area contributed by atoms with E-state index in [9.17, 15) is 4.79 Å². The van der Waals surface area contributed by atoms with Gasteiger partial charge in [-0.3, -0.25) is 9.69 Å². The first-order chi connectivity index (χ1) is 7.11. The second-order valence-corrected chi connectivity index (χ2v) is 4.56. The monoisotopic (exact) mass is 213 g/mol. The number of amides is 1. The molecule has 4 nitrogen and oxygen atoms in total. The number of carbonyl (C=O) groups is 1. The SMILES string of the molecule is CC(C)NCCN1CCCCC1C(N)=O. The minimum atomic E-state index is -0.167. The van der Waals surface area contributed by atoms with Crippen LogP contribution in [0.15, 0.2) is 0 Å². The standard InChI is InChI=1S/C11H23N3O/c1-9(2)13-6-8-14-7-4-3-5-10(14)11(12)15/h9-10,13H,3-8H2,1-2H3,(H2,12,15). The average molecular weight is 213 g/mol. The lowest BCUT2D eigenvalue weighted by atomic mass is 10.0. The molecule has 1 aliphatic heterocycles. The Bertz CT molecular complexity index is 206. The summed E-state index contributed by atoms with van der Waals surface area (Å²) < 4.78 is 0. The number of likely N-dealkylation sites (tertiary alicyclic amines) is 1. The third-order valence-corrected chi connectivity index (χ3v) is 2.89. The first-order valence-corrected chi connectivity index (χ1v) is 5.88. The van der Waals surface area contributed by atoms with Crippen molar-refractivity contribution >= 4 is 5.91 Å². The number of hydrogen-bond acceptors (Lipinski definition) is 3. The van der Waals surface area contributed by atoms with E-state index in [2.05, 4.69) is 24.1 Å². The normalized spacial score (nSPS) is 23.3. The number of nitrogens with zero attached hydrogens (tertiary/aromatic N) is 1. The van der Waals surface area contributed by atoms with Gasteiger partial charge in [-0.2, -0.15) is 0 Å². The Hall–Kier alpha value is -0.610. The number of primary amides is 1. The van der Waals surface area contributed by atoms with Gasteiger partial charge in [0.05, 0.1) is 6.04 Å². The lowest BCUT2D eigenvalue weighted by Crippen LogP contribution is -2.50. The summed E-state index contributed by atoms with van der Waals surface area (Å²) in [7, 11) is 0. The van der Waals surface area contributed by atoms with Crippen LogP contribution in [0.5, 0.6) is 0 Å². The summed E-state index contributed by atoms with van der Waals surface area (Å²) in [6.07, 6.45) is 3.24. The van der Waals surface area contributed by atoms with Gasteiger partial charge in [0, 0.05) is 19.1 Å². The van der Waals surface area contributed by atoms with E-state index in [4.69, 9.17) is 5.73 Å². The molecule has 0 aromatic rings. The third kappa shape index (κ3) is 4.18. The van der Waals surface area contributed by atoms with E-state index in [0.717, 1.165) is 32.5 Å². The van der Waals surface area contributed by atoms with E-state index in [1.54, 1.807) is 0 Å². The maximum Gasteiger partial charge on any atom is 0.234 e. The van der Waals surface area contributed by atoms with Crippen LogP contribution in [-0.4, -0.2) is 42.5 Å². The van der Waals surface area contributed by atoms with E-state index in [-0.39, 0.29) is 11.9 Å². The van der Waals surface area contributed by atoms with Crippen molar-refractivity contribution in [2.24, 2.45) is 5.73 Å². The third-order valence-electron chi connectivity index (χ3n) is 2.89. The van der Waals surface area contributed by atoms with Gasteiger partial charge in [-0.05, 0) is 19.4 Å². The van der Waals surface area contributed by atoms with E-state index < -0.39 is 0 Å². The molecule has 88 valence electrons. The summed E-state index contributed by atoms with van der Waals surface area (Å²) in [5, 5.41) is 3.36. The fourth-order valence-corrected chi connectivity index (χ4v) is 2.08. The molecule has 0 saturated carbocycles. The highest BCUT2D eigenvalue weighted by atomic mass is 16.1. The fraction of sp³-hybridized carbons (Fsp3) is 0.909. The molecular weight excluding hydrogens is 190 g/mol. The van der Waals surface area contributed by atoms with Crippen LogP contribution in [0.2, 0.25) is 0 Å². The lowest BCUT2D eigenvalue weighted by molar-refractivity contribution is -0.124. The summed E-state index contributed by atoms with van der Waals surface area (Å²) in [6.45, 7) is 7.12. The molecule has 1 aliphatic rings. The average Bonchev–Trinajstić information content (AvgIpc) is 2.17. The topological polar surface area (TPSA) is 58.4 Å². The van der Waals surface area contributed by atoms with E-state index >= 15 is 0 Å². The van der Waals surface area contributed by atoms with Crippen molar-refractivity contribution in [1.29, 1.82) is 0 Å². The van der Waals surface area contributed by atoms with Crippen molar-refractivity contribution < 1.29 is 4.79 Å². The minimum Gasteiger partial charge on any atom is -0.368 e. The molecular formula is C11H23N3O. The van der Waals surface area contributed by atoms with E-state index in [1.807, 2.05) is 0 Å². The zero-order valence-corrected chi connectivity index (χ0v) is 9.83. The maximum atomic E-state index is 11.2. The van der Waals surface area contributed by atoms with E-state index in [1.165, 1.54) is 6.42 Å². The Morgan fingerprint density at radius 3 is 2.87 bits per heavy atom. The Balaban J connectivity index is 2.33. The molecule has 3 N–H and O–H groups in total. The van der Waals surface area contributed by atoms with Crippen LogP contribution in [0.1, 0.15) is 33.1 Å². The highest BCUT2D eigenvalue weighted by Gasteiger charge is 2.25. The zero-order chi connectivity index (χ0) is 11.3. The maximum absolute atomic E-state index is 11.2. The Kier molecular flexibility index (Phi) is 5.05. The lowest BCUT2D eigenvalue weighted by Gasteiger charge is -2.33. The molecule has 1 rings (SSSR count). The second-order valence-electron chi connectivity index (χ2n) is 4.56. The van der Waals surface area contributed by atoms with Crippen molar-refractivity contribution in [2.75, 3.05) is 19.6 Å². The molecule has 1 heterocycles. The van der Waals surface area contributed by atoms with Crippen LogP contribution in [0.25, 0.3) is 0 Å². The molecule has 15 heavy (non-hydrogen) atoms. The van der Waals surface area contributed by atoms with Crippen LogP contribution in [-0.2, 0) is 4.79 Å². The van der Waals surface area contributed by atoms with Crippen LogP contribution in [0, 0.1) is 0 Å². The molecule has 4 heteroatoms. The molecule has 0 spiro atoms. The number of piperidine rings is 1. The highest BCUT2D eigenvalue weighted by molar-refractivity contribution is 5.79. The number of nitrogens with one attached hydrogen (secondary N) is 1. The van der Waals surface area contributed by atoms with Gasteiger partial charge in [-0.1, -0.05) is 20.3 Å². The second kappa shape index (κ2) is 6.08. The predicted molar refractivity (Wildman–Crippen MR) is 61.5 cm³/mol. The first kappa shape index (κ1) is 12.5. The van der Waals surface area contributed by atoms with Crippen LogP contribution in [0.3, 0.4) is 0 Å². The van der Waals surface area contributed by atoms with Crippen molar-refractivity contribution in [2.45, 2.75) is 45.2 Å². The van der Waals surface area contributed by atoms with Crippen molar-refractivity contribution in [3.63, 3.8) is 0 Å². The van der Waals surface area contributed by atoms with Gasteiger partial charge in [0.15, 0.2) is 0 Å². The summed E-state index contributed by atoms with van der Waals surface area (Å²) in [5.41, 5.74) is 5.39. The van der Waals surface area contributed by atoms with Crippen LogP contribution >= 0.6 is 0 Å². The van der Waals surface area contributed by atoms with Gasteiger partial charge in [-0.25, -0.2) is 0 Å². The van der Waals surface area contributed by atoms with Crippen molar-refractivity contribution in [3.05, 3.63) is 0 Å². The first-order valence-electron chi connectivity index (χ1n) is 5.88. The van der Waals surface area contributed by atoms with Crippen molar-refractivity contribution in [1.82, 2.24) is 10.2 Å². The summed E-state index contributed by atoms with van der Waals surface area (Å²) >= 11 is 0. The highest BCUT2D eigenvalue weighted by Crippen LogP contribution is 2.15. The molecule has 0 aromatic heterocycles. The largest absolute Gasteiger partial charge is 0.368 e. The molecule has 0 radical (unpaired) electrons. The molecule has 0 aliphatic carbocycles.